The van der Waals surface area contributed by atoms with Gasteiger partial charge in [-0.05, 0) is 49.1 Å². The number of nitrogens with zero attached hydrogens (tertiary/aromatic N) is 1. The number of carbonyl (C=O) groups is 1. The molecule has 2 heterocycles. The van der Waals surface area contributed by atoms with Gasteiger partial charge in [-0.3, -0.25) is 4.79 Å². The fourth-order valence-corrected chi connectivity index (χ4v) is 4.83. The lowest BCUT2D eigenvalue weighted by Gasteiger charge is -2.53. The Bertz CT molecular complexity index is 906. The molecule has 1 fully saturated rings. The van der Waals surface area contributed by atoms with Crippen molar-refractivity contribution in [2.75, 3.05) is 19.7 Å². The lowest BCUT2D eigenvalue weighted by atomic mass is 9.63. The molecule has 2 aliphatic heterocycles. The van der Waals surface area contributed by atoms with E-state index in [0.717, 1.165) is 17.7 Å². The first kappa shape index (κ1) is 19.2. The van der Waals surface area contributed by atoms with Crippen LogP contribution in [0.2, 0.25) is 5.02 Å². The number of amides is 1. The molecule has 0 unspecified atom stereocenters. The number of piperidine rings is 1. The van der Waals surface area contributed by atoms with Crippen molar-refractivity contribution in [3.63, 3.8) is 0 Å². The first-order valence-corrected chi connectivity index (χ1v) is 9.69. The van der Waals surface area contributed by atoms with Crippen molar-refractivity contribution in [2.24, 2.45) is 5.73 Å². The number of benzene rings is 2. The van der Waals surface area contributed by atoms with Crippen molar-refractivity contribution in [2.45, 2.75) is 30.7 Å². The average Bonchev–Trinajstić information content (AvgIpc) is 2.70. The Morgan fingerprint density at radius 3 is 2.64 bits per heavy atom. The van der Waals surface area contributed by atoms with E-state index in [1.807, 2.05) is 12.1 Å². The fourth-order valence-electron chi connectivity index (χ4n) is 4.70. The van der Waals surface area contributed by atoms with E-state index in [1.54, 1.807) is 17.0 Å². The summed E-state index contributed by atoms with van der Waals surface area (Å²) in [7, 11) is 0. The fraction of sp³-hybridized carbons (Fsp3) is 0.381. The zero-order chi connectivity index (χ0) is 19.9. The van der Waals surface area contributed by atoms with Gasteiger partial charge in [0.2, 0.25) is 5.91 Å². The van der Waals surface area contributed by atoms with Crippen molar-refractivity contribution in [3.8, 4) is 5.75 Å². The van der Waals surface area contributed by atoms with Crippen LogP contribution in [0.4, 0.5) is 8.78 Å². The van der Waals surface area contributed by atoms with Gasteiger partial charge in [-0.2, -0.15) is 0 Å². The smallest absolute Gasteiger partial charge is 0.236 e. The molecular formula is C21H21ClF2N2O2. The van der Waals surface area contributed by atoms with Gasteiger partial charge in [0, 0.05) is 22.5 Å². The summed E-state index contributed by atoms with van der Waals surface area (Å²) in [6.07, 6.45) is 1.73. The molecule has 2 atom stereocenters. The zero-order valence-corrected chi connectivity index (χ0v) is 16.0. The third kappa shape index (κ3) is 3.05. The summed E-state index contributed by atoms with van der Waals surface area (Å²) in [4.78, 5) is 14.2. The van der Waals surface area contributed by atoms with Crippen molar-refractivity contribution >= 4 is 17.5 Å². The van der Waals surface area contributed by atoms with Gasteiger partial charge in [0.05, 0.1) is 12.6 Å². The Labute approximate surface area is 167 Å². The molecule has 0 saturated carbocycles. The second kappa shape index (κ2) is 7.33. The second-order valence-corrected chi connectivity index (χ2v) is 7.85. The van der Waals surface area contributed by atoms with Gasteiger partial charge in [-0.25, -0.2) is 8.78 Å². The van der Waals surface area contributed by atoms with E-state index in [-0.39, 0.29) is 30.4 Å². The molecule has 0 radical (unpaired) electrons. The molecule has 2 N–H and O–H groups in total. The number of nitrogens with two attached hydrogens (primary N) is 1. The van der Waals surface area contributed by atoms with E-state index in [9.17, 15) is 9.18 Å². The van der Waals surface area contributed by atoms with Gasteiger partial charge in [0.25, 0.3) is 0 Å². The number of carbonyl (C=O) groups excluding carboxylic acids is 1. The minimum Gasteiger partial charge on any atom is -0.488 e. The van der Waals surface area contributed by atoms with Crippen LogP contribution in [0.25, 0.3) is 0 Å². The van der Waals surface area contributed by atoms with Crippen LogP contribution in [0.15, 0.2) is 36.4 Å². The minimum atomic E-state index is -0.795. The number of fused-ring (bicyclic) bond motifs is 3. The molecule has 28 heavy (non-hydrogen) atoms. The van der Waals surface area contributed by atoms with Gasteiger partial charge >= 0.3 is 0 Å². The number of rotatable bonds is 3. The normalized spacial score (nSPS) is 23.6. The average molecular weight is 407 g/mol. The van der Waals surface area contributed by atoms with Crippen LogP contribution in [0.1, 0.15) is 24.0 Å². The van der Waals surface area contributed by atoms with Crippen molar-refractivity contribution < 1.29 is 18.3 Å². The number of hydrogen-bond acceptors (Lipinski definition) is 3. The first-order valence-electron chi connectivity index (χ1n) is 9.31. The van der Waals surface area contributed by atoms with Crippen LogP contribution >= 0.6 is 11.6 Å². The van der Waals surface area contributed by atoms with Crippen LogP contribution in [0.3, 0.4) is 0 Å². The Morgan fingerprint density at radius 2 is 1.93 bits per heavy atom. The monoisotopic (exact) mass is 406 g/mol. The molecular weight excluding hydrogens is 386 g/mol. The number of hydrogen-bond donors (Lipinski definition) is 1. The highest BCUT2D eigenvalue weighted by atomic mass is 35.5. The predicted molar refractivity (Wildman–Crippen MR) is 102 cm³/mol. The molecule has 1 amide bonds. The minimum absolute atomic E-state index is 0.0488. The molecule has 2 aliphatic rings. The summed E-state index contributed by atoms with van der Waals surface area (Å²) in [5.41, 5.74) is 5.96. The topological polar surface area (TPSA) is 55.6 Å². The third-order valence-electron chi connectivity index (χ3n) is 5.91. The summed E-state index contributed by atoms with van der Waals surface area (Å²) in [5.74, 6) is -1.37. The maximum absolute atomic E-state index is 15.0. The standard InChI is InChI=1S/C21H21ClF2N2O2/c22-14-4-2-13(3-5-14)10-21-8-1-9-26(18(27)11-25)17(21)12-28-20-16(24)7-6-15(23)19(20)21/h2-7,17H,1,8-12,25H2/t17-,21+/m1/s1. The molecule has 7 heteroatoms. The first-order chi connectivity index (χ1) is 13.5. The summed E-state index contributed by atoms with van der Waals surface area (Å²) in [6, 6.07) is 9.10. The predicted octanol–water partition coefficient (Wildman–Crippen LogP) is 3.44. The van der Waals surface area contributed by atoms with E-state index in [0.29, 0.717) is 30.8 Å². The molecule has 2 aromatic rings. The van der Waals surface area contributed by atoms with Gasteiger partial charge in [-0.1, -0.05) is 23.7 Å². The largest absolute Gasteiger partial charge is 0.488 e. The molecule has 0 aliphatic carbocycles. The molecule has 0 bridgehead atoms. The van der Waals surface area contributed by atoms with E-state index in [4.69, 9.17) is 22.1 Å². The highest BCUT2D eigenvalue weighted by Gasteiger charge is 2.53. The van der Waals surface area contributed by atoms with Crippen LogP contribution in [-0.2, 0) is 16.6 Å². The molecule has 4 nitrogen and oxygen atoms in total. The van der Waals surface area contributed by atoms with Crippen molar-refractivity contribution in [1.29, 1.82) is 0 Å². The number of halogens is 3. The SMILES string of the molecule is NCC(=O)N1CCC[C@@]2(Cc3ccc(Cl)cc3)c3c(F)ccc(F)c3OC[C@@H]12. The molecule has 1 saturated heterocycles. The van der Waals surface area contributed by atoms with Gasteiger partial charge < -0.3 is 15.4 Å². The Hall–Kier alpha value is -2.18. The van der Waals surface area contributed by atoms with Crippen LogP contribution in [0, 0.1) is 11.6 Å². The van der Waals surface area contributed by atoms with E-state index in [1.165, 1.54) is 0 Å². The second-order valence-electron chi connectivity index (χ2n) is 7.41. The number of likely N-dealkylation sites (tertiary alicyclic amines) is 1. The maximum atomic E-state index is 15.0. The van der Waals surface area contributed by atoms with Gasteiger partial charge in [-0.15, -0.1) is 0 Å². The van der Waals surface area contributed by atoms with Crippen molar-refractivity contribution in [3.05, 3.63) is 64.2 Å². The molecule has 2 aromatic carbocycles. The van der Waals surface area contributed by atoms with Crippen LogP contribution in [-0.4, -0.2) is 36.5 Å². The summed E-state index contributed by atoms with van der Waals surface area (Å²) in [6.45, 7) is 0.497. The zero-order valence-electron chi connectivity index (χ0n) is 15.3. The summed E-state index contributed by atoms with van der Waals surface area (Å²) in [5, 5.41) is 0.603. The Balaban J connectivity index is 1.88. The highest BCUT2D eigenvalue weighted by Crippen LogP contribution is 2.50. The lowest BCUT2D eigenvalue weighted by Crippen LogP contribution is -2.63. The summed E-state index contributed by atoms with van der Waals surface area (Å²) < 4.78 is 35.2. The third-order valence-corrected chi connectivity index (χ3v) is 6.16. The van der Waals surface area contributed by atoms with Crippen LogP contribution in [0.5, 0.6) is 5.75 Å². The van der Waals surface area contributed by atoms with Gasteiger partial charge in [0.15, 0.2) is 11.6 Å². The van der Waals surface area contributed by atoms with Crippen molar-refractivity contribution in [1.82, 2.24) is 4.90 Å². The molecule has 0 aromatic heterocycles. The van der Waals surface area contributed by atoms with E-state index >= 15 is 4.39 Å². The number of ether oxygens (including phenoxy) is 1. The van der Waals surface area contributed by atoms with E-state index < -0.39 is 23.1 Å². The molecule has 4 rings (SSSR count). The van der Waals surface area contributed by atoms with Gasteiger partial charge in [0.1, 0.15) is 12.4 Å². The van der Waals surface area contributed by atoms with E-state index in [2.05, 4.69) is 0 Å². The Morgan fingerprint density at radius 1 is 1.21 bits per heavy atom. The molecule has 0 spiro atoms. The highest BCUT2D eigenvalue weighted by molar-refractivity contribution is 6.30. The van der Waals surface area contributed by atoms with Crippen LogP contribution < -0.4 is 10.5 Å². The quantitative estimate of drug-likeness (QED) is 0.849. The summed E-state index contributed by atoms with van der Waals surface area (Å²) >= 11 is 6.00. The molecule has 148 valence electrons. The lowest BCUT2D eigenvalue weighted by molar-refractivity contribution is -0.138. The maximum Gasteiger partial charge on any atom is 0.236 e. The Kier molecular flexibility index (Phi) is 5.02.